The van der Waals surface area contributed by atoms with E-state index >= 15 is 0 Å². The molecule has 18 heavy (non-hydrogen) atoms. The molecule has 0 radical (unpaired) electrons. The summed E-state index contributed by atoms with van der Waals surface area (Å²) in [6.45, 7) is 5.61. The highest BCUT2D eigenvalue weighted by molar-refractivity contribution is 7.86. The first-order valence-electron chi connectivity index (χ1n) is 6.00. The molecule has 1 atom stereocenters. The zero-order valence-electron chi connectivity index (χ0n) is 11.0. The van der Waals surface area contributed by atoms with Gasteiger partial charge in [-0.2, -0.15) is 8.42 Å². The van der Waals surface area contributed by atoms with E-state index < -0.39 is 33.7 Å². The van der Waals surface area contributed by atoms with Crippen LogP contribution in [-0.2, 0) is 15.0 Å². The molecular formula is C11H20FNO4S. The van der Waals surface area contributed by atoms with Crippen molar-refractivity contribution in [1.82, 2.24) is 4.90 Å². The Balaban J connectivity index is 2.73. The summed E-state index contributed by atoms with van der Waals surface area (Å²) in [5.41, 5.74) is -0.645. The van der Waals surface area contributed by atoms with E-state index in [9.17, 15) is 17.1 Å². The highest BCUT2D eigenvalue weighted by Gasteiger charge is 2.33. The van der Waals surface area contributed by atoms with E-state index in [4.69, 9.17) is 4.74 Å². The lowest BCUT2D eigenvalue weighted by molar-refractivity contribution is 0.0124. The molecule has 1 aliphatic heterocycles. The van der Waals surface area contributed by atoms with Gasteiger partial charge in [0, 0.05) is 6.54 Å². The second-order valence-corrected chi connectivity index (χ2v) is 6.94. The molecule has 1 amide bonds. The van der Waals surface area contributed by atoms with Crippen molar-refractivity contribution < 1.29 is 21.8 Å². The summed E-state index contributed by atoms with van der Waals surface area (Å²) in [6.07, 6.45) is 1.49. The van der Waals surface area contributed by atoms with Gasteiger partial charge in [-0.05, 0) is 40.0 Å². The summed E-state index contributed by atoms with van der Waals surface area (Å²) in [6, 6.07) is -0.622. The third-order valence-corrected chi connectivity index (χ3v) is 3.43. The lowest BCUT2D eigenvalue weighted by Crippen LogP contribution is -2.48. The van der Waals surface area contributed by atoms with Gasteiger partial charge in [0.2, 0.25) is 0 Å². The van der Waals surface area contributed by atoms with Gasteiger partial charge in [0.25, 0.3) is 0 Å². The van der Waals surface area contributed by atoms with Crippen LogP contribution in [0.15, 0.2) is 0 Å². The van der Waals surface area contributed by atoms with E-state index in [0.29, 0.717) is 13.0 Å². The van der Waals surface area contributed by atoms with Gasteiger partial charge < -0.3 is 9.64 Å². The minimum Gasteiger partial charge on any atom is -0.444 e. The Morgan fingerprint density at radius 2 is 2.00 bits per heavy atom. The van der Waals surface area contributed by atoms with Crippen molar-refractivity contribution in [2.24, 2.45) is 0 Å². The van der Waals surface area contributed by atoms with Crippen LogP contribution < -0.4 is 0 Å². The van der Waals surface area contributed by atoms with Crippen LogP contribution >= 0.6 is 0 Å². The first-order chi connectivity index (χ1) is 8.08. The van der Waals surface area contributed by atoms with Crippen LogP contribution in [0.3, 0.4) is 0 Å². The molecule has 5 nitrogen and oxygen atoms in total. The molecule has 0 aromatic heterocycles. The van der Waals surface area contributed by atoms with Crippen molar-refractivity contribution in [1.29, 1.82) is 0 Å². The first-order valence-corrected chi connectivity index (χ1v) is 7.56. The standard InChI is InChI=1S/C11H20FNO4S/c1-11(2,3)17-10(14)13-7-5-4-6-9(13)8-18(12,15)16/h9H,4-8H2,1-3H3. The number of carbonyl (C=O) groups excluding carboxylic acids is 1. The Kier molecular flexibility index (Phi) is 4.58. The topological polar surface area (TPSA) is 63.7 Å². The summed E-state index contributed by atoms with van der Waals surface area (Å²) in [5, 5.41) is 0. The van der Waals surface area contributed by atoms with Gasteiger partial charge in [-0.1, -0.05) is 0 Å². The zero-order valence-corrected chi connectivity index (χ0v) is 11.8. The molecule has 1 heterocycles. The van der Waals surface area contributed by atoms with Crippen molar-refractivity contribution in [3.63, 3.8) is 0 Å². The molecular weight excluding hydrogens is 261 g/mol. The fourth-order valence-corrected chi connectivity index (χ4v) is 2.77. The number of halogens is 1. The van der Waals surface area contributed by atoms with Crippen LogP contribution in [0.2, 0.25) is 0 Å². The Morgan fingerprint density at radius 3 is 2.50 bits per heavy atom. The number of amides is 1. The van der Waals surface area contributed by atoms with E-state index in [0.717, 1.165) is 12.8 Å². The molecule has 1 unspecified atom stereocenters. The fraction of sp³-hybridized carbons (Fsp3) is 0.909. The molecule has 106 valence electrons. The van der Waals surface area contributed by atoms with Crippen molar-refractivity contribution in [2.45, 2.75) is 51.7 Å². The fourth-order valence-electron chi connectivity index (χ4n) is 1.96. The van der Waals surface area contributed by atoms with E-state index in [1.807, 2.05) is 0 Å². The van der Waals surface area contributed by atoms with Gasteiger partial charge in [0.15, 0.2) is 0 Å². The van der Waals surface area contributed by atoms with Crippen molar-refractivity contribution >= 4 is 16.3 Å². The molecule has 0 aliphatic carbocycles. The predicted octanol–water partition coefficient (Wildman–Crippen LogP) is 2.08. The highest BCUT2D eigenvalue weighted by atomic mass is 32.3. The van der Waals surface area contributed by atoms with Gasteiger partial charge in [-0.3, -0.25) is 0 Å². The lowest BCUT2D eigenvalue weighted by Gasteiger charge is -2.35. The Bertz CT molecular complexity index is 402. The number of hydrogen-bond donors (Lipinski definition) is 0. The van der Waals surface area contributed by atoms with Gasteiger partial charge >= 0.3 is 16.3 Å². The Hall–Kier alpha value is -0.850. The highest BCUT2D eigenvalue weighted by Crippen LogP contribution is 2.21. The molecule has 1 saturated heterocycles. The second-order valence-electron chi connectivity index (χ2n) is 5.53. The zero-order chi connectivity index (χ0) is 14.0. The van der Waals surface area contributed by atoms with Crippen LogP contribution in [0.25, 0.3) is 0 Å². The van der Waals surface area contributed by atoms with Gasteiger partial charge in [0.05, 0.1) is 6.04 Å². The lowest BCUT2D eigenvalue weighted by atomic mass is 10.0. The normalized spacial score (nSPS) is 21.8. The number of carbonyl (C=O) groups is 1. The predicted molar refractivity (Wildman–Crippen MR) is 65.5 cm³/mol. The molecule has 0 N–H and O–H groups in total. The summed E-state index contributed by atoms with van der Waals surface area (Å²) in [7, 11) is -4.58. The Morgan fingerprint density at radius 1 is 1.39 bits per heavy atom. The number of hydrogen-bond acceptors (Lipinski definition) is 4. The minimum atomic E-state index is -4.58. The van der Waals surface area contributed by atoms with Crippen LogP contribution in [-0.4, -0.2) is 43.4 Å². The molecule has 0 saturated carbocycles. The molecule has 1 aliphatic rings. The summed E-state index contributed by atoms with van der Waals surface area (Å²) < 4.78 is 39.3. The van der Waals surface area contributed by atoms with Gasteiger partial charge in [-0.15, -0.1) is 3.89 Å². The third-order valence-electron chi connectivity index (χ3n) is 2.65. The number of rotatable bonds is 2. The number of piperidine rings is 1. The second kappa shape index (κ2) is 5.42. The number of ether oxygens (including phenoxy) is 1. The molecule has 1 fully saturated rings. The van der Waals surface area contributed by atoms with Crippen molar-refractivity contribution in [3.8, 4) is 0 Å². The van der Waals surface area contributed by atoms with E-state index in [1.165, 1.54) is 4.90 Å². The maximum Gasteiger partial charge on any atom is 0.410 e. The maximum absolute atomic E-state index is 12.7. The number of likely N-dealkylation sites (tertiary alicyclic amines) is 1. The average Bonchev–Trinajstić information content (AvgIpc) is 2.12. The molecule has 0 aromatic carbocycles. The largest absolute Gasteiger partial charge is 0.444 e. The summed E-state index contributed by atoms with van der Waals surface area (Å²) >= 11 is 0. The number of nitrogens with zero attached hydrogens (tertiary/aromatic N) is 1. The van der Waals surface area contributed by atoms with Crippen molar-refractivity contribution in [3.05, 3.63) is 0 Å². The average molecular weight is 281 g/mol. The quantitative estimate of drug-likeness (QED) is 0.727. The van der Waals surface area contributed by atoms with Gasteiger partial charge in [-0.25, -0.2) is 4.79 Å². The van der Waals surface area contributed by atoms with Crippen LogP contribution in [0.1, 0.15) is 40.0 Å². The maximum atomic E-state index is 12.7. The summed E-state index contributed by atoms with van der Waals surface area (Å²) in [4.78, 5) is 13.2. The van der Waals surface area contributed by atoms with E-state index in [2.05, 4.69) is 0 Å². The SMILES string of the molecule is CC(C)(C)OC(=O)N1CCCCC1CS(=O)(=O)F. The Labute approximate surface area is 108 Å². The molecule has 1 rings (SSSR count). The van der Waals surface area contributed by atoms with Crippen LogP contribution in [0.4, 0.5) is 8.68 Å². The molecule has 0 aromatic rings. The van der Waals surface area contributed by atoms with Crippen molar-refractivity contribution in [2.75, 3.05) is 12.3 Å². The molecule has 0 bridgehead atoms. The molecule has 7 heteroatoms. The third kappa shape index (κ3) is 5.20. The summed E-state index contributed by atoms with van der Waals surface area (Å²) in [5.74, 6) is -0.647. The van der Waals surface area contributed by atoms with Gasteiger partial charge in [0.1, 0.15) is 11.4 Å². The smallest absolute Gasteiger partial charge is 0.410 e. The first kappa shape index (κ1) is 15.2. The van der Waals surface area contributed by atoms with E-state index in [1.54, 1.807) is 20.8 Å². The molecule has 0 spiro atoms. The van der Waals surface area contributed by atoms with Crippen LogP contribution in [0, 0.1) is 0 Å². The minimum absolute atomic E-state index is 0.412. The van der Waals surface area contributed by atoms with E-state index in [-0.39, 0.29) is 0 Å². The van der Waals surface area contributed by atoms with Crippen LogP contribution in [0.5, 0.6) is 0 Å². The monoisotopic (exact) mass is 281 g/mol.